The maximum absolute atomic E-state index is 12.2. The molecular formula is C21H21ClN2O2. The van der Waals surface area contributed by atoms with Crippen LogP contribution in [0.5, 0.6) is 0 Å². The number of rotatable bonds is 0. The Morgan fingerprint density at radius 3 is 2.73 bits per heavy atom. The van der Waals surface area contributed by atoms with Gasteiger partial charge < -0.3 is 9.64 Å². The number of amides is 1. The first kappa shape index (κ1) is 12.9. The third-order valence-electron chi connectivity index (χ3n) is 4.74. The van der Waals surface area contributed by atoms with Gasteiger partial charge in [0.25, 0.3) is 0 Å². The molecule has 1 fully saturated rings. The Kier molecular flexibility index (Phi) is 3.54. The van der Waals surface area contributed by atoms with Gasteiger partial charge in [0, 0.05) is 35.3 Å². The van der Waals surface area contributed by atoms with E-state index in [1.807, 2.05) is 24.3 Å². The fraction of sp³-hybridized carbons (Fsp3) is 0.333. The number of hydrogen-bond donors (Lipinski definition) is 0. The summed E-state index contributed by atoms with van der Waals surface area (Å²) in [5.41, 5.74) is 4.95. The Morgan fingerprint density at radius 2 is 1.96 bits per heavy atom. The van der Waals surface area contributed by atoms with Crippen molar-refractivity contribution in [2.24, 2.45) is 0 Å². The van der Waals surface area contributed by atoms with Gasteiger partial charge in [-0.15, -0.1) is 0 Å². The molecule has 1 aromatic heterocycles. The molecule has 134 valence electrons. The second-order valence-electron chi connectivity index (χ2n) is 6.27. The highest BCUT2D eigenvalue weighted by atomic mass is 35.5. The van der Waals surface area contributed by atoms with Crippen molar-refractivity contribution in [2.75, 3.05) is 20.1 Å². The number of carbonyl (C=O) groups is 1. The molecule has 0 N–H and O–H groups in total. The Morgan fingerprint density at radius 1 is 1.19 bits per heavy atom. The van der Waals surface area contributed by atoms with E-state index in [0.717, 1.165) is 47.9 Å². The number of ether oxygens (including phenoxy) is 1. The smallest absolute Gasteiger partial charge is 0.409 e. The molecule has 0 unspecified atom stereocenters. The normalized spacial score (nSPS) is 22.8. The van der Waals surface area contributed by atoms with Gasteiger partial charge in [-0.1, -0.05) is 29.3 Å². The lowest BCUT2D eigenvalue weighted by atomic mass is 9.88. The molecule has 2 aliphatic rings. The minimum Gasteiger partial charge on any atom is -0.453 e. The topological polar surface area (TPSA) is 42.4 Å². The van der Waals surface area contributed by atoms with E-state index in [9.17, 15) is 4.79 Å². The summed E-state index contributed by atoms with van der Waals surface area (Å²) in [6.45, 7) is -4.52. The summed E-state index contributed by atoms with van der Waals surface area (Å²) in [6.07, 6.45) is 1.87. The van der Waals surface area contributed by atoms with Crippen LogP contribution in [0.4, 0.5) is 4.79 Å². The molecule has 4 nitrogen and oxygen atoms in total. The van der Waals surface area contributed by atoms with Gasteiger partial charge >= 0.3 is 6.09 Å². The summed E-state index contributed by atoms with van der Waals surface area (Å²) in [5.74, 6) is 0. The first-order chi connectivity index (χ1) is 14.1. The fourth-order valence-electron chi connectivity index (χ4n) is 3.50. The second-order valence-corrected chi connectivity index (χ2v) is 6.70. The van der Waals surface area contributed by atoms with Crippen molar-refractivity contribution in [3.63, 3.8) is 0 Å². The van der Waals surface area contributed by atoms with Crippen LogP contribution in [0.25, 0.3) is 5.57 Å². The summed E-state index contributed by atoms with van der Waals surface area (Å²) in [7, 11) is 1.12. The zero-order chi connectivity index (χ0) is 21.7. The minimum absolute atomic E-state index is 0.144. The van der Waals surface area contributed by atoms with Crippen molar-refractivity contribution in [1.29, 1.82) is 0 Å². The molecule has 2 aromatic rings. The van der Waals surface area contributed by atoms with E-state index in [1.165, 1.54) is 0 Å². The Balaban J connectivity index is 1.96. The van der Waals surface area contributed by atoms with Crippen LogP contribution >= 0.6 is 11.6 Å². The number of fused-ring (bicyclic) bond motifs is 2. The Hall–Kier alpha value is -2.33. The molecule has 0 atom stereocenters. The van der Waals surface area contributed by atoms with Crippen molar-refractivity contribution >= 4 is 23.3 Å². The number of hydrogen-bond acceptors (Lipinski definition) is 3. The monoisotopic (exact) mass is 372 g/mol. The third kappa shape index (κ3) is 3.10. The van der Waals surface area contributed by atoms with Gasteiger partial charge in [0.15, 0.2) is 0 Å². The SMILES string of the molecule is [2H]C1([2H])CC(=C2c3ccc(Cl)cc3CCc3cccnc32)CC([2H])([2H])N1C(=O)OC. The number of pyridine rings is 1. The Labute approximate surface area is 164 Å². The number of halogens is 1. The van der Waals surface area contributed by atoms with E-state index >= 15 is 0 Å². The largest absolute Gasteiger partial charge is 0.453 e. The zero-order valence-electron chi connectivity index (χ0n) is 18.4. The third-order valence-corrected chi connectivity index (χ3v) is 4.98. The van der Waals surface area contributed by atoms with Gasteiger partial charge in [-0.25, -0.2) is 4.79 Å². The number of likely N-dealkylation sites (tertiary alicyclic amines) is 1. The predicted molar refractivity (Wildman–Crippen MR) is 102 cm³/mol. The molecule has 1 saturated heterocycles. The summed E-state index contributed by atoms with van der Waals surface area (Å²) in [4.78, 5) is 17.3. The lowest BCUT2D eigenvalue weighted by molar-refractivity contribution is 0.120. The molecule has 1 aromatic carbocycles. The highest BCUT2D eigenvalue weighted by Gasteiger charge is 2.26. The van der Waals surface area contributed by atoms with Crippen molar-refractivity contribution in [3.05, 3.63) is 69.5 Å². The van der Waals surface area contributed by atoms with Crippen LogP contribution in [0, 0.1) is 0 Å². The molecule has 4 rings (SSSR count). The van der Waals surface area contributed by atoms with E-state index < -0.39 is 19.1 Å². The van der Waals surface area contributed by atoms with E-state index in [4.69, 9.17) is 17.1 Å². The molecule has 1 aliphatic carbocycles. The number of nitrogens with zero attached hydrogens (tertiary/aromatic N) is 2. The molecule has 1 amide bonds. The number of aromatic nitrogens is 1. The zero-order valence-corrected chi connectivity index (χ0v) is 15.1. The minimum atomic E-state index is -2.26. The molecule has 26 heavy (non-hydrogen) atoms. The maximum atomic E-state index is 12.2. The molecule has 0 spiro atoms. The van der Waals surface area contributed by atoms with Gasteiger partial charge in [0.1, 0.15) is 0 Å². The lowest BCUT2D eigenvalue weighted by Crippen LogP contribution is -2.36. The van der Waals surface area contributed by atoms with Gasteiger partial charge in [-0.3, -0.25) is 4.98 Å². The molecule has 5 heteroatoms. The van der Waals surface area contributed by atoms with Crippen molar-refractivity contribution in [1.82, 2.24) is 9.88 Å². The predicted octanol–water partition coefficient (Wildman–Crippen LogP) is 4.50. The van der Waals surface area contributed by atoms with Crippen LogP contribution < -0.4 is 0 Å². The van der Waals surface area contributed by atoms with E-state index in [2.05, 4.69) is 9.72 Å². The van der Waals surface area contributed by atoms with Crippen LogP contribution in [-0.4, -0.2) is 36.1 Å². The molecule has 1 aliphatic heterocycles. The van der Waals surface area contributed by atoms with E-state index in [1.54, 1.807) is 12.3 Å². The average Bonchev–Trinajstić information content (AvgIpc) is 2.82. The quantitative estimate of drug-likeness (QED) is 0.683. The highest BCUT2D eigenvalue weighted by molar-refractivity contribution is 6.30. The summed E-state index contributed by atoms with van der Waals surface area (Å²) in [6, 6.07) is 9.42. The average molecular weight is 373 g/mol. The molecule has 0 saturated carbocycles. The van der Waals surface area contributed by atoms with Crippen molar-refractivity contribution in [2.45, 2.75) is 25.7 Å². The summed E-state index contributed by atoms with van der Waals surface area (Å²) < 4.78 is 38.5. The standard InChI is InChI=1S/C21H21ClN2O2/c1-26-21(25)24-11-8-14(9-12-24)19-18-7-6-17(22)13-16(18)5-4-15-3-2-10-23-20(15)19/h2-3,6-7,10,13H,4-5,8-9,11-12H2,1H3/i11D2,12D2. The van der Waals surface area contributed by atoms with Gasteiger partial charge in [-0.2, -0.15) is 0 Å². The first-order valence-electron chi connectivity index (χ1n) is 10.5. The van der Waals surface area contributed by atoms with E-state index in [0.29, 0.717) is 15.5 Å². The number of benzene rings is 1. The van der Waals surface area contributed by atoms with Crippen molar-refractivity contribution in [3.8, 4) is 0 Å². The van der Waals surface area contributed by atoms with Gasteiger partial charge in [0.05, 0.1) is 12.8 Å². The number of aryl methyl sites for hydroxylation is 2. The van der Waals surface area contributed by atoms with E-state index in [-0.39, 0.29) is 12.8 Å². The fourth-order valence-corrected chi connectivity index (χ4v) is 3.69. The first-order valence-corrected chi connectivity index (χ1v) is 8.85. The van der Waals surface area contributed by atoms with Crippen LogP contribution in [0.15, 0.2) is 42.1 Å². The molecule has 2 heterocycles. The lowest BCUT2D eigenvalue weighted by Gasteiger charge is -2.29. The maximum Gasteiger partial charge on any atom is 0.409 e. The van der Waals surface area contributed by atoms with Crippen LogP contribution in [0.1, 0.15) is 40.7 Å². The number of methoxy groups -OCH3 is 1. The summed E-state index contributed by atoms with van der Waals surface area (Å²) in [5, 5.41) is 0.614. The van der Waals surface area contributed by atoms with Crippen molar-refractivity contribution < 1.29 is 15.0 Å². The van der Waals surface area contributed by atoms with Gasteiger partial charge in [0.2, 0.25) is 0 Å². The molecule has 0 radical (unpaired) electrons. The second kappa shape index (κ2) is 7.12. The number of carbonyl (C=O) groups excluding carboxylic acids is 1. The van der Waals surface area contributed by atoms with Crippen LogP contribution in [0.3, 0.4) is 0 Å². The van der Waals surface area contributed by atoms with Crippen LogP contribution in [0.2, 0.25) is 5.02 Å². The Bertz CT molecular complexity index is 1040. The molecular weight excluding hydrogens is 348 g/mol. The number of piperidine rings is 1. The highest BCUT2D eigenvalue weighted by Crippen LogP contribution is 2.38. The molecule has 0 bridgehead atoms. The van der Waals surface area contributed by atoms with Gasteiger partial charge in [-0.05, 0) is 60.6 Å². The summed E-state index contributed by atoms with van der Waals surface area (Å²) >= 11 is 6.23. The van der Waals surface area contributed by atoms with Crippen LogP contribution in [-0.2, 0) is 17.6 Å².